The van der Waals surface area contributed by atoms with E-state index in [2.05, 4.69) is 25.1 Å². The molecule has 108 valence electrons. The van der Waals surface area contributed by atoms with E-state index in [1.54, 1.807) is 31.2 Å². The summed E-state index contributed by atoms with van der Waals surface area (Å²) in [5, 5.41) is 11.8. The predicted molar refractivity (Wildman–Crippen MR) is 70.4 cm³/mol. The molecule has 0 fully saturated rings. The van der Waals surface area contributed by atoms with Crippen molar-refractivity contribution < 1.29 is 9.37 Å². The summed E-state index contributed by atoms with van der Waals surface area (Å²) in [7, 11) is 0. The smallest absolute Gasteiger partial charge is 0.348 e. The van der Waals surface area contributed by atoms with E-state index in [-0.39, 0.29) is 6.61 Å². The van der Waals surface area contributed by atoms with Crippen molar-refractivity contribution in [2.24, 2.45) is 0 Å². The molecule has 9 heteroatoms. The molecule has 0 atom stereocenters. The van der Waals surface area contributed by atoms with E-state index in [0.717, 1.165) is 4.57 Å². The molecule has 0 unspecified atom stereocenters. The lowest BCUT2D eigenvalue weighted by Crippen LogP contribution is -2.24. The van der Waals surface area contributed by atoms with Crippen molar-refractivity contribution in [1.29, 1.82) is 0 Å². The van der Waals surface area contributed by atoms with Crippen molar-refractivity contribution in [3.05, 3.63) is 56.6 Å². The first-order chi connectivity index (χ1) is 10.1. The fourth-order valence-corrected chi connectivity index (χ4v) is 1.77. The molecule has 9 nitrogen and oxygen atoms in total. The average molecular weight is 289 g/mol. The third-order valence-corrected chi connectivity index (χ3v) is 2.90. The number of nitrogens with one attached hydrogen (secondary N) is 2. The van der Waals surface area contributed by atoms with Crippen molar-refractivity contribution >= 4 is 0 Å². The van der Waals surface area contributed by atoms with Crippen molar-refractivity contribution in [1.82, 2.24) is 25.1 Å². The highest BCUT2D eigenvalue weighted by atomic mass is 16.6. The summed E-state index contributed by atoms with van der Waals surface area (Å²) in [4.78, 5) is 22.9. The van der Waals surface area contributed by atoms with Gasteiger partial charge in [0.15, 0.2) is 0 Å². The van der Waals surface area contributed by atoms with Crippen molar-refractivity contribution in [3.63, 3.8) is 0 Å². The largest absolute Gasteiger partial charge is 0.487 e. The predicted octanol–water partition coefficient (Wildman–Crippen LogP) is 0.124. The van der Waals surface area contributed by atoms with Crippen LogP contribution in [0.25, 0.3) is 5.69 Å². The SMILES string of the molecule is Cc1nonc1COc1ccc(-n2c(=O)[nH][nH]c2=O)cc1. The van der Waals surface area contributed by atoms with Gasteiger partial charge in [0.1, 0.15) is 23.7 Å². The van der Waals surface area contributed by atoms with Gasteiger partial charge in [0.25, 0.3) is 0 Å². The zero-order valence-electron chi connectivity index (χ0n) is 11.0. The Kier molecular flexibility index (Phi) is 3.14. The minimum absolute atomic E-state index is 0.222. The highest BCUT2D eigenvalue weighted by molar-refractivity contribution is 5.37. The Morgan fingerprint density at radius 3 is 2.38 bits per heavy atom. The number of hydrogen-bond acceptors (Lipinski definition) is 6. The lowest BCUT2D eigenvalue weighted by Gasteiger charge is -2.05. The van der Waals surface area contributed by atoms with E-state index in [0.29, 0.717) is 22.8 Å². The van der Waals surface area contributed by atoms with Gasteiger partial charge < -0.3 is 4.74 Å². The molecule has 0 saturated heterocycles. The molecule has 3 aromatic rings. The van der Waals surface area contributed by atoms with Crippen LogP contribution >= 0.6 is 0 Å². The molecule has 0 amide bonds. The third-order valence-electron chi connectivity index (χ3n) is 2.90. The average Bonchev–Trinajstić information content (AvgIpc) is 3.04. The first-order valence-corrected chi connectivity index (χ1v) is 6.06. The summed E-state index contributed by atoms with van der Waals surface area (Å²) in [5.41, 5.74) is 0.652. The third kappa shape index (κ3) is 2.48. The van der Waals surface area contributed by atoms with E-state index < -0.39 is 11.4 Å². The molecule has 2 heterocycles. The molecule has 0 aliphatic heterocycles. The van der Waals surface area contributed by atoms with Gasteiger partial charge in [0.05, 0.1) is 5.69 Å². The minimum Gasteiger partial charge on any atom is -0.487 e. The Labute approximate surface area is 117 Å². The molecule has 0 aliphatic rings. The first-order valence-electron chi connectivity index (χ1n) is 6.06. The lowest BCUT2D eigenvalue weighted by molar-refractivity contribution is 0.270. The Balaban J connectivity index is 1.77. The maximum atomic E-state index is 11.5. The van der Waals surface area contributed by atoms with Crippen LogP contribution in [0.1, 0.15) is 11.4 Å². The number of aromatic nitrogens is 5. The van der Waals surface area contributed by atoms with Crippen molar-refractivity contribution in [2.75, 3.05) is 0 Å². The molecule has 2 N–H and O–H groups in total. The second-order valence-electron chi connectivity index (χ2n) is 4.27. The van der Waals surface area contributed by atoms with E-state index >= 15 is 0 Å². The van der Waals surface area contributed by atoms with E-state index in [1.807, 2.05) is 0 Å². The highest BCUT2D eigenvalue weighted by Gasteiger charge is 2.08. The number of nitrogens with zero attached hydrogens (tertiary/aromatic N) is 3. The van der Waals surface area contributed by atoms with E-state index in [9.17, 15) is 9.59 Å². The number of hydrogen-bond donors (Lipinski definition) is 2. The molecule has 0 spiro atoms. The maximum Gasteiger partial charge on any atom is 0.348 e. The quantitative estimate of drug-likeness (QED) is 0.704. The second-order valence-corrected chi connectivity index (χ2v) is 4.27. The fourth-order valence-electron chi connectivity index (χ4n) is 1.77. The van der Waals surface area contributed by atoms with Crippen LogP contribution in [-0.2, 0) is 6.61 Å². The monoisotopic (exact) mass is 289 g/mol. The molecule has 0 radical (unpaired) electrons. The molecule has 3 rings (SSSR count). The Hall–Kier alpha value is -3.10. The van der Waals surface area contributed by atoms with Crippen molar-refractivity contribution in [3.8, 4) is 11.4 Å². The summed E-state index contributed by atoms with van der Waals surface area (Å²) in [6.45, 7) is 1.99. The summed E-state index contributed by atoms with van der Waals surface area (Å²) in [6.07, 6.45) is 0. The summed E-state index contributed by atoms with van der Waals surface area (Å²) >= 11 is 0. The van der Waals surface area contributed by atoms with Crippen LogP contribution in [0, 0.1) is 6.92 Å². The Bertz CT molecular complexity index is 827. The summed E-state index contributed by atoms with van der Waals surface area (Å²) in [6, 6.07) is 6.51. The molecule has 21 heavy (non-hydrogen) atoms. The topological polar surface area (TPSA) is 119 Å². The first kappa shape index (κ1) is 12.9. The normalized spacial score (nSPS) is 10.7. The van der Waals surface area contributed by atoms with Gasteiger partial charge in [-0.05, 0) is 31.2 Å². The molecule has 1 aromatic carbocycles. The van der Waals surface area contributed by atoms with Crippen LogP contribution in [0.3, 0.4) is 0 Å². The zero-order valence-corrected chi connectivity index (χ0v) is 11.0. The molecule has 0 bridgehead atoms. The standard InChI is InChI=1S/C12H11N5O4/c1-7-10(16-21-15-7)6-20-9-4-2-8(3-5-9)17-11(18)13-14-12(17)19/h2-5H,6H2,1H3,(H,13,18)(H,14,19). The maximum absolute atomic E-state index is 11.5. The minimum atomic E-state index is -0.530. The van der Waals surface area contributed by atoms with Gasteiger partial charge in [0, 0.05) is 0 Å². The van der Waals surface area contributed by atoms with Gasteiger partial charge in [-0.1, -0.05) is 10.3 Å². The van der Waals surface area contributed by atoms with Crippen LogP contribution in [0.5, 0.6) is 5.75 Å². The summed E-state index contributed by atoms with van der Waals surface area (Å²) in [5.74, 6) is 0.571. The number of benzene rings is 1. The Morgan fingerprint density at radius 1 is 1.14 bits per heavy atom. The number of ether oxygens (including phenoxy) is 1. The molecular formula is C12H11N5O4. The van der Waals surface area contributed by atoms with Crippen LogP contribution < -0.4 is 16.1 Å². The summed E-state index contributed by atoms with van der Waals surface area (Å²) < 4.78 is 11.1. The molecular weight excluding hydrogens is 278 g/mol. The zero-order chi connectivity index (χ0) is 14.8. The van der Waals surface area contributed by atoms with Crippen LogP contribution in [0.2, 0.25) is 0 Å². The number of H-pyrrole nitrogens is 2. The van der Waals surface area contributed by atoms with E-state index in [4.69, 9.17) is 4.74 Å². The van der Waals surface area contributed by atoms with Gasteiger partial charge in [-0.3, -0.25) is 0 Å². The van der Waals surface area contributed by atoms with Gasteiger partial charge in [-0.2, -0.15) is 0 Å². The highest BCUT2D eigenvalue weighted by Crippen LogP contribution is 2.15. The molecule has 0 saturated carbocycles. The number of aryl methyl sites for hydroxylation is 1. The van der Waals surface area contributed by atoms with E-state index in [1.165, 1.54) is 0 Å². The van der Waals surface area contributed by atoms with Crippen LogP contribution in [0.4, 0.5) is 0 Å². The fraction of sp³-hybridized carbons (Fsp3) is 0.167. The van der Waals surface area contributed by atoms with Crippen LogP contribution in [-0.4, -0.2) is 25.1 Å². The number of rotatable bonds is 4. The number of aromatic amines is 2. The van der Waals surface area contributed by atoms with Crippen LogP contribution in [0.15, 0.2) is 38.5 Å². The second kappa shape index (κ2) is 5.12. The van der Waals surface area contributed by atoms with Gasteiger partial charge >= 0.3 is 11.4 Å². The van der Waals surface area contributed by atoms with Crippen molar-refractivity contribution in [2.45, 2.75) is 13.5 Å². The lowest BCUT2D eigenvalue weighted by atomic mass is 10.3. The molecule has 0 aliphatic carbocycles. The van der Waals surface area contributed by atoms with Gasteiger partial charge in [0.2, 0.25) is 0 Å². The Morgan fingerprint density at radius 2 is 1.81 bits per heavy atom. The molecule has 2 aromatic heterocycles. The van der Waals surface area contributed by atoms with Gasteiger partial charge in [-0.15, -0.1) is 0 Å². The van der Waals surface area contributed by atoms with Gasteiger partial charge in [-0.25, -0.2) is 29.0 Å².